The van der Waals surface area contributed by atoms with Gasteiger partial charge in [-0.1, -0.05) is 17.7 Å². The van der Waals surface area contributed by atoms with Gasteiger partial charge in [-0.15, -0.1) is 0 Å². The van der Waals surface area contributed by atoms with Gasteiger partial charge in [-0.3, -0.25) is 0 Å². The highest BCUT2D eigenvalue weighted by Crippen LogP contribution is 2.19. The zero-order chi connectivity index (χ0) is 20.5. The second kappa shape index (κ2) is 11.0. The molecule has 2 aromatic rings. The second-order valence-electron chi connectivity index (χ2n) is 7.56. The maximum absolute atomic E-state index is 9.59. The molecule has 1 saturated heterocycles. The Hall–Kier alpha value is -2.38. The lowest BCUT2D eigenvalue weighted by Crippen LogP contribution is -2.40. The molecule has 1 fully saturated rings. The standard InChI is InChI=1S/C22H33N5O2/c1-3-23-22(24-11-4-12-27-13-9-20(28)10-14-27)25-15-19-16-29-21(26-19)18-7-5-17(2)6-8-18/h5-8,16,20,28H,3-4,9-15H2,1-2H3,(H2,23,24,25). The van der Waals surface area contributed by atoms with Crippen LogP contribution in [0.15, 0.2) is 39.9 Å². The van der Waals surface area contributed by atoms with E-state index in [0.717, 1.165) is 69.2 Å². The molecule has 0 aliphatic carbocycles. The van der Waals surface area contributed by atoms with Gasteiger partial charge >= 0.3 is 0 Å². The zero-order valence-corrected chi connectivity index (χ0v) is 17.5. The van der Waals surface area contributed by atoms with Crippen LogP contribution in [0.5, 0.6) is 0 Å². The predicted octanol–water partition coefficient (Wildman–Crippen LogP) is 2.55. The van der Waals surface area contributed by atoms with E-state index in [2.05, 4.69) is 51.5 Å². The number of guanidine groups is 1. The molecule has 0 amide bonds. The molecule has 1 aliphatic heterocycles. The number of nitrogens with zero attached hydrogens (tertiary/aromatic N) is 3. The summed E-state index contributed by atoms with van der Waals surface area (Å²) >= 11 is 0. The minimum absolute atomic E-state index is 0.111. The van der Waals surface area contributed by atoms with Crippen molar-refractivity contribution in [3.63, 3.8) is 0 Å². The van der Waals surface area contributed by atoms with Crippen LogP contribution in [0.1, 0.15) is 37.4 Å². The number of hydrogen-bond acceptors (Lipinski definition) is 5. The number of aliphatic hydroxyl groups is 1. The molecule has 0 radical (unpaired) electrons. The van der Waals surface area contributed by atoms with Crippen LogP contribution in [0.3, 0.4) is 0 Å². The van der Waals surface area contributed by atoms with E-state index in [1.165, 1.54) is 5.56 Å². The van der Waals surface area contributed by atoms with E-state index < -0.39 is 0 Å². The van der Waals surface area contributed by atoms with Gasteiger partial charge in [0.1, 0.15) is 12.0 Å². The minimum atomic E-state index is -0.111. The zero-order valence-electron chi connectivity index (χ0n) is 17.5. The smallest absolute Gasteiger partial charge is 0.226 e. The Bertz CT molecular complexity index is 764. The lowest BCUT2D eigenvalue weighted by Gasteiger charge is -2.29. The number of aliphatic imine (C=N–C) groups is 1. The summed E-state index contributed by atoms with van der Waals surface area (Å²) in [4.78, 5) is 11.6. The van der Waals surface area contributed by atoms with Gasteiger partial charge in [-0.05, 0) is 51.8 Å². The van der Waals surface area contributed by atoms with Crippen LogP contribution < -0.4 is 10.6 Å². The Morgan fingerprint density at radius 1 is 1.24 bits per heavy atom. The second-order valence-corrected chi connectivity index (χ2v) is 7.56. The van der Waals surface area contributed by atoms with Gasteiger partial charge in [0.25, 0.3) is 0 Å². The van der Waals surface area contributed by atoms with E-state index in [9.17, 15) is 5.11 Å². The molecular formula is C22H33N5O2. The molecule has 3 rings (SSSR count). The number of aliphatic hydroxyl groups excluding tert-OH is 1. The van der Waals surface area contributed by atoms with Gasteiger partial charge in [0.2, 0.25) is 5.89 Å². The molecule has 2 heterocycles. The molecule has 3 N–H and O–H groups in total. The molecule has 1 aromatic heterocycles. The lowest BCUT2D eigenvalue weighted by molar-refractivity contribution is 0.0823. The summed E-state index contributed by atoms with van der Waals surface area (Å²) in [7, 11) is 0. The normalized spacial score (nSPS) is 16.2. The third-order valence-electron chi connectivity index (χ3n) is 5.09. The summed E-state index contributed by atoms with van der Waals surface area (Å²) in [6.07, 6.45) is 4.38. The summed E-state index contributed by atoms with van der Waals surface area (Å²) < 4.78 is 5.61. The molecule has 7 nitrogen and oxygen atoms in total. The number of piperidine rings is 1. The monoisotopic (exact) mass is 399 g/mol. The van der Waals surface area contributed by atoms with Crippen molar-refractivity contribution in [2.24, 2.45) is 4.99 Å². The molecule has 0 atom stereocenters. The van der Waals surface area contributed by atoms with E-state index in [4.69, 9.17) is 4.42 Å². The molecule has 158 valence electrons. The Morgan fingerprint density at radius 2 is 2.00 bits per heavy atom. The fraction of sp³-hybridized carbons (Fsp3) is 0.545. The van der Waals surface area contributed by atoms with Crippen LogP contribution in [-0.2, 0) is 6.54 Å². The van der Waals surface area contributed by atoms with Crippen molar-refractivity contribution < 1.29 is 9.52 Å². The first-order chi connectivity index (χ1) is 14.1. The topological polar surface area (TPSA) is 85.9 Å². The number of likely N-dealkylation sites (tertiary alicyclic amines) is 1. The summed E-state index contributed by atoms with van der Waals surface area (Å²) in [5.74, 6) is 1.42. The molecule has 7 heteroatoms. The molecule has 0 bridgehead atoms. The SMILES string of the molecule is CCNC(=NCc1coc(-c2ccc(C)cc2)n1)NCCCN1CCC(O)CC1. The third-order valence-corrected chi connectivity index (χ3v) is 5.09. The molecule has 1 aromatic carbocycles. The highest BCUT2D eigenvalue weighted by Gasteiger charge is 2.16. The maximum Gasteiger partial charge on any atom is 0.226 e. The Morgan fingerprint density at radius 3 is 2.72 bits per heavy atom. The molecule has 29 heavy (non-hydrogen) atoms. The van der Waals surface area contributed by atoms with Gasteiger partial charge in [-0.25, -0.2) is 9.98 Å². The molecule has 0 spiro atoms. The van der Waals surface area contributed by atoms with Crippen molar-refractivity contribution in [2.45, 2.75) is 45.8 Å². The van der Waals surface area contributed by atoms with E-state index in [0.29, 0.717) is 12.4 Å². The van der Waals surface area contributed by atoms with Crippen LogP contribution >= 0.6 is 0 Å². The quantitative estimate of drug-likeness (QED) is 0.359. The van der Waals surface area contributed by atoms with Crippen molar-refractivity contribution in [3.05, 3.63) is 41.8 Å². The van der Waals surface area contributed by atoms with Gasteiger partial charge in [0.15, 0.2) is 5.96 Å². The Labute approximate surface area is 173 Å². The average Bonchev–Trinajstić information content (AvgIpc) is 3.20. The van der Waals surface area contributed by atoms with Gasteiger partial charge < -0.3 is 25.1 Å². The number of benzene rings is 1. The highest BCUT2D eigenvalue weighted by molar-refractivity contribution is 5.79. The first kappa shape index (κ1) is 21.3. The van der Waals surface area contributed by atoms with Crippen LogP contribution in [0.4, 0.5) is 0 Å². The highest BCUT2D eigenvalue weighted by atomic mass is 16.3. The average molecular weight is 400 g/mol. The van der Waals surface area contributed by atoms with Gasteiger partial charge in [0.05, 0.1) is 12.6 Å². The van der Waals surface area contributed by atoms with Gasteiger partial charge in [0, 0.05) is 31.7 Å². The number of aryl methyl sites for hydroxylation is 1. The van der Waals surface area contributed by atoms with Crippen LogP contribution in [-0.4, -0.2) is 59.8 Å². The van der Waals surface area contributed by atoms with Crippen LogP contribution in [0.2, 0.25) is 0 Å². The summed E-state index contributed by atoms with van der Waals surface area (Å²) in [6, 6.07) is 8.14. The number of aromatic nitrogens is 1. The number of nitrogens with one attached hydrogen (secondary N) is 2. The van der Waals surface area contributed by atoms with Crippen molar-refractivity contribution in [1.82, 2.24) is 20.5 Å². The third kappa shape index (κ3) is 6.87. The van der Waals surface area contributed by atoms with Crippen LogP contribution in [0.25, 0.3) is 11.5 Å². The fourth-order valence-corrected chi connectivity index (χ4v) is 3.36. The Balaban J connectivity index is 1.45. The van der Waals surface area contributed by atoms with Crippen LogP contribution in [0, 0.1) is 6.92 Å². The first-order valence-electron chi connectivity index (χ1n) is 10.6. The van der Waals surface area contributed by atoms with E-state index in [-0.39, 0.29) is 6.10 Å². The molecule has 0 saturated carbocycles. The lowest BCUT2D eigenvalue weighted by atomic mass is 10.1. The molecule has 1 aliphatic rings. The van der Waals surface area contributed by atoms with Crippen molar-refractivity contribution in [2.75, 3.05) is 32.7 Å². The maximum atomic E-state index is 9.59. The van der Waals surface area contributed by atoms with Crippen molar-refractivity contribution >= 4 is 5.96 Å². The number of hydrogen-bond donors (Lipinski definition) is 3. The summed E-state index contributed by atoms with van der Waals surface area (Å²) in [6.45, 7) is 9.28. The molecule has 0 unspecified atom stereocenters. The van der Waals surface area contributed by atoms with Gasteiger partial charge in [-0.2, -0.15) is 0 Å². The summed E-state index contributed by atoms with van der Waals surface area (Å²) in [5.41, 5.74) is 3.00. The Kier molecular flexibility index (Phi) is 8.07. The number of oxazole rings is 1. The van der Waals surface area contributed by atoms with Crippen molar-refractivity contribution in [1.29, 1.82) is 0 Å². The molecular weight excluding hydrogens is 366 g/mol. The van der Waals surface area contributed by atoms with E-state index in [1.54, 1.807) is 6.26 Å². The first-order valence-corrected chi connectivity index (χ1v) is 10.6. The predicted molar refractivity (Wildman–Crippen MR) is 116 cm³/mol. The van der Waals surface area contributed by atoms with E-state index >= 15 is 0 Å². The fourth-order valence-electron chi connectivity index (χ4n) is 3.36. The minimum Gasteiger partial charge on any atom is -0.444 e. The largest absolute Gasteiger partial charge is 0.444 e. The van der Waals surface area contributed by atoms with Crippen molar-refractivity contribution in [3.8, 4) is 11.5 Å². The van der Waals surface area contributed by atoms with E-state index in [1.807, 2.05) is 12.1 Å². The summed E-state index contributed by atoms with van der Waals surface area (Å²) in [5, 5.41) is 16.2. The number of rotatable bonds is 8.